The molecule has 1 fully saturated rings. The van der Waals surface area contributed by atoms with Crippen molar-refractivity contribution in [3.8, 4) is 11.5 Å². The summed E-state index contributed by atoms with van der Waals surface area (Å²) in [6.45, 7) is 6.66. The Kier molecular flexibility index (Phi) is 6.83. The first-order valence-corrected chi connectivity index (χ1v) is 9.61. The zero-order valence-electron chi connectivity index (χ0n) is 15.9. The normalized spacial score (nSPS) is 16.2. The van der Waals surface area contributed by atoms with Crippen molar-refractivity contribution in [2.24, 2.45) is 0 Å². The van der Waals surface area contributed by atoms with Crippen molar-refractivity contribution < 1.29 is 14.6 Å². The van der Waals surface area contributed by atoms with Gasteiger partial charge in [0, 0.05) is 43.4 Å². The van der Waals surface area contributed by atoms with Crippen LogP contribution >= 0.6 is 11.6 Å². The third kappa shape index (κ3) is 5.51. The third-order valence-electron chi connectivity index (χ3n) is 4.85. The van der Waals surface area contributed by atoms with Gasteiger partial charge >= 0.3 is 0 Å². The molecule has 0 saturated carbocycles. The molecule has 27 heavy (non-hydrogen) atoms. The van der Waals surface area contributed by atoms with Crippen LogP contribution in [0, 0.1) is 6.92 Å². The summed E-state index contributed by atoms with van der Waals surface area (Å²) >= 11 is 6.14. The summed E-state index contributed by atoms with van der Waals surface area (Å²) in [5, 5.41) is 11.1. The molecule has 0 unspecified atom stereocenters. The highest BCUT2D eigenvalue weighted by molar-refractivity contribution is 6.30. The number of nitrogens with zero attached hydrogens (tertiary/aromatic N) is 2. The molecule has 6 heteroatoms. The van der Waals surface area contributed by atoms with Gasteiger partial charge in [-0.2, -0.15) is 0 Å². The summed E-state index contributed by atoms with van der Waals surface area (Å²) in [6, 6.07) is 13.4. The minimum atomic E-state index is -0.522. The second-order valence-corrected chi connectivity index (χ2v) is 7.30. The predicted molar refractivity (Wildman–Crippen MR) is 109 cm³/mol. The maximum absolute atomic E-state index is 10.3. The summed E-state index contributed by atoms with van der Waals surface area (Å²) in [6.07, 6.45) is -0.522. The third-order valence-corrected chi connectivity index (χ3v) is 5.09. The van der Waals surface area contributed by atoms with Crippen LogP contribution in [0.15, 0.2) is 42.5 Å². The van der Waals surface area contributed by atoms with Gasteiger partial charge in [0.25, 0.3) is 0 Å². The number of hydrogen-bond donors (Lipinski definition) is 1. The van der Waals surface area contributed by atoms with Crippen molar-refractivity contribution in [2.45, 2.75) is 13.0 Å². The zero-order valence-corrected chi connectivity index (χ0v) is 16.7. The Balaban J connectivity index is 1.43. The van der Waals surface area contributed by atoms with Gasteiger partial charge in [-0.05, 0) is 48.9 Å². The van der Waals surface area contributed by atoms with Crippen molar-refractivity contribution in [1.29, 1.82) is 0 Å². The second kappa shape index (κ2) is 9.31. The molecule has 1 saturated heterocycles. The number of ether oxygens (including phenoxy) is 2. The van der Waals surface area contributed by atoms with E-state index < -0.39 is 6.10 Å². The maximum atomic E-state index is 10.3. The van der Waals surface area contributed by atoms with Crippen LogP contribution in [0.2, 0.25) is 5.02 Å². The van der Waals surface area contributed by atoms with Crippen LogP contribution in [0.1, 0.15) is 5.56 Å². The second-order valence-electron chi connectivity index (χ2n) is 6.86. The minimum Gasteiger partial charge on any atom is -0.497 e. The number of aliphatic hydroxyl groups excluding tert-OH is 1. The first kappa shape index (κ1) is 19.8. The lowest BCUT2D eigenvalue weighted by atomic mass is 10.1. The monoisotopic (exact) mass is 390 g/mol. The largest absolute Gasteiger partial charge is 0.497 e. The molecule has 0 radical (unpaired) electrons. The molecule has 2 aromatic rings. The molecule has 5 nitrogen and oxygen atoms in total. The highest BCUT2D eigenvalue weighted by Gasteiger charge is 2.20. The van der Waals surface area contributed by atoms with E-state index in [9.17, 15) is 5.11 Å². The molecule has 3 rings (SSSR count). The number of hydrogen-bond acceptors (Lipinski definition) is 5. The number of methoxy groups -OCH3 is 1. The minimum absolute atomic E-state index is 0.278. The lowest BCUT2D eigenvalue weighted by molar-refractivity contribution is 0.0663. The molecule has 0 bridgehead atoms. The number of aliphatic hydroxyl groups is 1. The quantitative estimate of drug-likeness (QED) is 0.786. The van der Waals surface area contributed by atoms with Crippen molar-refractivity contribution >= 4 is 17.3 Å². The van der Waals surface area contributed by atoms with E-state index in [-0.39, 0.29) is 6.61 Å². The Hall–Kier alpha value is -1.95. The van der Waals surface area contributed by atoms with Gasteiger partial charge in [0.2, 0.25) is 0 Å². The standard InChI is InChI=1S/C21H27ClN2O3/c1-16-3-4-17(22)13-21(16)24-11-9-23(10-12-24)14-18(25)15-27-20-7-5-19(26-2)6-8-20/h3-8,13,18,25H,9-12,14-15H2,1-2H3/t18-/m1/s1. The molecule has 1 atom stereocenters. The fourth-order valence-electron chi connectivity index (χ4n) is 3.31. The summed E-state index contributed by atoms with van der Waals surface area (Å²) < 4.78 is 10.8. The molecule has 0 amide bonds. The van der Waals surface area contributed by atoms with Crippen LogP contribution in [-0.4, -0.2) is 62.6 Å². The van der Waals surface area contributed by atoms with Gasteiger partial charge in [-0.15, -0.1) is 0 Å². The summed E-state index contributed by atoms with van der Waals surface area (Å²) in [7, 11) is 1.63. The van der Waals surface area contributed by atoms with E-state index in [0.29, 0.717) is 6.54 Å². The molecule has 1 heterocycles. The number of β-amino-alcohol motifs (C(OH)–C–C–N with tert-alkyl or cyclic N) is 1. The number of anilines is 1. The van der Waals surface area contributed by atoms with E-state index in [4.69, 9.17) is 21.1 Å². The lowest BCUT2D eigenvalue weighted by Gasteiger charge is -2.37. The molecule has 146 valence electrons. The van der Waals surface area contributed by atoms with E-state index in [1.54, 1.807) is 7.11 Å². The Morgan fingerprint density at radius 3 is 2.37 bits per heavy atom. The number of aryl methyl sites for hydroxylation is 1. The average molecular weight is 391 g/mol. The van der Waals surface area contributed by atoms with Gasteiger partial charge < -0.3 is 19.5 Å². The van der Waals surface area contributed by atoms with E-state index in [2.05, 4.69) is 22.8 Å². The molecule has 1 N–H and O–H groups in total. The highest BCUT2D eigenvalue weighted by atomic mass is 35.5. The van der Waals surface area contributed by atoms with Crippen LogP contribution in [0.5, 0.6) is 11.5 Å². The van der Waals surface area contributed by atoms with E-state index in [1.165, 1.54) is 11.3 Å². The first-order valence-electron chi connectivity index (χ1n) is 9.23. The zero-order chi connectivity index (χ0) is 19.2. The van der Waals surface area contributed by atoms with Crippen molar-refractivity contribution in [2.75, 3.05) is 51.3 Å². The van der Waals surface area contributed by atoms with Crippen LogP contribution in [-0.2, 0) is 0 Å². The molecule has 2 aromatic carbocycles. The van der Waals surface area contributed by atoms with Gasteiger partial charge in [-0.3, -0.25) is 4.90 Å². The SMILES string of the molecule is COc1ccc(OC[C@H](O)CN2CCN(c3cc(Cl)ccc3C)CC2)cc1. The molecule has 0 spiro atoms. The number of piperazine rings is 1. The van der Waals surface area contributed by atoms with E-state index in [0.717, 1.165) is 42.7 Å². The molecular formula is C21H27ClN2O3. The topological polar surface area (TPSA) is 45.2 Å². The van der Waals surface area contributed by atoms with Crippen LogP contribution in [0.3, 0.4) is 0 Å². The summed E-state index contributed by atoms with van der Waals surface area (Å²) in [5.41, 5.74) is 2.44. The Labute approximate surface area is 166 Å². The molecule has 0 aromatic heterocycles. The van der Waals surface area contributed by atoms with Crippen molar-refractivity contribution in [3.63, 3.8) is 0 Å². The van der Waals surface area contributed by atoms with Crippen LogP contribution < -0.4 is 14.4 Å². The predicted octanol–water partition coefficient (Wildman–Crippen LogP) is 3.22. The van der Waals surface area contributed by atoms with E-state index >= 15 is 0 Å². The Morgan fingerprint density at radius 1 is 1.04 bits per heavy atom. The van der Waals surface area contributed by atoms with E-state index in [1.807, 2.05) is 36.4 Å². The smallest absolute Gasteiger partial charge is 0.119 e. The summed E-state index contributed by atoms with van der Waals surface area (Å²) in [5.74, 6) is 1.52. The fraction of sp³-hybridized carbons (Fsp3) is 0.429. The van der Waals surface area contributed by atoms with Crippen molar-refractivity contribution in [3.05, 3.63) is 53.1 Å². The summed E-state index contributed by atoms with van der Waals surface area (Å²) in [4.78, 5) is 4.64. The highest BCUT2D eigenvalue weighted by Crippen LogP contribution is 2.25. The van der Waals surface area contributed by atoms with Gasteiger partial charge in [0.05, 0.1) is 7.11 Å². The number of benzene rings is 2. The number of halogens is 1. The molecular weight excluding hydrogens is 364 g/mol. The van der Waals surface area contributed by atoms with Gasteiger partial charge in [-0.25, -0.2) is 0 Å². The van der Waals surface area contributed by atoms with Gasteiger partial charge in [0.1, 0.15) is 24.2 Å². The number of rotatable bonds is 7. The van der Waals surface area contributed by atoms with Crippen LogP contribution in [0.4, 0.5) is 5.69 Å². The van der Waals surface area contributed by atoms with Crippen LogP contribution in [0.25, 0.3) is 0 Å². The Morgan fingerprint density at radius 2 is 1.70 bits per heavy atom. The lowest BCUT2D eigenvalue weighted by Crippen LogP contribution is -2.49. The Bertz CT molecular complexity index is 731. The molecule has 0 aliphatic carbocycles. The fourth-order valence-corrected chi connectivity index (χ4v) is 3.48. The van der Waals surface area contributed by atoms with Gasteiger partial charge in [-0.1, -0.05) is 17.7 Å². The van der Waals surface area contributed by atoms with Gasteiger partial charge in [0.15, 0.2) is 0 Å². The first-order chi connectivity index (χ1) is 13.0. The molecule has 1 aliphatic heterocycles. The molecule has 1 aliphatic rings. The van der Waals surface area contributed by atoms with Crippen molar-refractivity contribution in [1.82, 2.24) is 4.90 Å². The maximum Gasteiger partial charge on any atom is 0.119 e. The average Bonchev–Trinajstić information content (AvgIpc) is 2.69.